The number of hydrogen-bond donors (Lipinski definition) is 1. The minimum absolute atomic E-state index is 0.574. The van der Waals surface area contributed by atoms with Crippen LogP contribution >= 0.6 is 0 Å². The number of aromatic nitrogens is 5. The minimum Gasteiger partial charge on any atom is -0.351 e. The van der Waals surface area contributed by atoms with Crippen LogP contribution in [-0.4, -0.2) is 22.8 Å². The molecule has 0 aliphatic carbocycles. The molecule has 5 aromatic heterocycles. The Morgan fingerprint density at radius 3 is 0.939 bits per heavy atom. The van der Waals surface area contributed by atoms with E-state index < -0.39 is 0 Å². The van der Waals surface area contributed by atoms with Crippen molar-refractivity contribution in [2.24, 2.45) is 0 Å². The van der Waals surface area contributed by atoms with Crippen molar-refractivity contribution in [3.05, 3.63) is 345 Å². The number of para-hydroxylation sites is 10. The molecule has 15 aromatic carbocycles. The van der Waals surface area contributed by atoms with Crippen LogP contribution in [0.2, 0.25) is 0 Å². The van der Waals surface area contributed by atoms with Gasteiger partial charge in [0.25, 0.3) is 0 Å². The van der Waals surface area contributed by atoms with E-state index in [1.807, 2.05) is 12.1 Å². The summed E-state index contributed by atoms with van der Waals surface area (Å²) in [6.07, 6.45) is 0. The molecule has 0 saturated heterocycles. The zero-order valence-electron chi connectivity index (χ0n) is 53.0. The van der Waals surface area contributed by atoms with Gasteiger partial charge in [0.15, 0.2) is 0 Å². The molecule has 7 heteroatoms. The first kappa shape index (κ1) is 55.1. The van der Waals surface area contributed by atoms with Crippen LogP contribution in [0.3, 0.4) is 0 Å². The lowest BCUT2D eigenvalue weighted by Gasteiger charge is -2.32. The fourth-order valence-corrected chi connectivity index (χ4v) is 16.2. The van der Waals surface area contributed by atoms with E-state index in [0.717, 1.165) is 166 Å². The minimum atomic E-state index is 0.574. The summed E-state index contributed by atoms with van der Waals surface area (Å²) in [5.74, 6) is 0. The van der Waals surface area contributed by atoms with Gasteiger partial charge in [-0.1, -0.05) is 237 Å². The molecule has 1 N–H and O–H groups in total. The van der Waals surface area contributed by atoms with Gasteiger partial charge in [0, 0.05) is 76.4 Å². The van der Waals surface area contributed by atoms with Crippen LogP contribution in [-0.2, 0) is 0 Å². The number of rotatable bonds is 10. The van der Waals surface area contributed by atoms with E-state index in [-0.39, 0.29) is 0 Å². The SMILES string of the molecule is N#Cc1ccc(-c2c(-n3c4ccccc4c4ccccc43)c(-n3c4ccccc4c4ccccc43)c(Nc3ccc(-c4ccc5c(c4)c4ccccc4n5-c4ccccc4)cc3-c3ccccc3)c(-n3c4ccccc4c4ccccc43)c2-n2c3ccccc3c3ccccc32)cc1. The lowest BCUT2D eigenvalue weighted by Crippen LogP contribution is -2.17. The molecule has 7 nitrogen and oxygen atoms in total. The zero-order chi connectivity index (χ0) is 64.5. The van der Waals surface area contributed by atoms with E-state index in [1.165, 1.54) is 16.3 Å². The second-order valence-electron chi connectivity index (χ2n) is 25.5. The first-order valence-corrected chi connectivity index (χ1v) is 33.4. The lowest BCUT2D eigenvalue weighted by atomic mass is 9.93. The molecular formula is C91H57N7. The number of benzene rings is 15. The molecule has 456 valence electrons. The molecule has 0 unspecified atom stereocenters. The number of nitrogens with one attached hydrogen (secondary N) is 1. The van der Waals surface area contributed by atoms with Gasteiger partial charge in [-0.2, -0.15) is 5.26 Å². The molecule has 0 atom stereocenters. The highest BCUT2D eigenvalue weighted by Crippen LogP contribution is 2.55. The van der Waals surface area contributed by atoms with E-state index in [2.05, 4.69) is 362 Å². The standard InChI is InChI=1S/C91H57N7/c92-57-58-47-49-60(50-48-58)86-88(95-77-39-17-7-29-64(77)65-30-8-18-40-78(65)95)90(97-81-43-21-11-33-68(81)69-34-12-22-44-82(69)97)87(91(98-83-45-23-13-35-70(83)71-36-14-24-46-84(71)98)89(86)96-79-41-19-9-31-66(79)67-32-10-20-42-80(67)96)93-75-53-51-61(55-73(75)59-25-3-1-4-26-59)62-52-54-85-74(56-62)72-37-15-16-38-76(72)94(85)63-27-5-2-6-28-63/h1-56,93H. The molecule has 0 fully saturated rings. The molecule has 20 rings (SSSR count). The summed E-state index contributed by atoms with van der Waals surface area (Å²) in [6, 6.07) is 126. The van der Waals surface area contributed by atoms with Gasteiger partial charge >= 0.3 is 0 Å². The fourth-order valence-electron chi connectivity index (χ4n) is 16.2. The van der Waals surface area contributed by atoms with Crippen LogP contribution in [0.4, 0.5) is 11.4 Å². The Labute approximate surface area is 563 Å². The third-order valence-electron chi connectivity index (χ3n) is 20.3. The lowest BCUT2D eigenvalue weighted by molar-refractivity contribution is 1.05. The first-order chi connectivity index (χ1) is 48.6. The molecule has 5 heterocycles. The van der Waals surface area contributed by atoms with Crippen molar-refractivity contribution in [3.63, 3.8) is 0 Å². The normalized spacial score (nSPS) is 11.9. The highest BCUT2D eigenvalue weighted by molar-refractivity contribution is 6.19. The number of nitrogens with zero attached hydrogens (tertiary/aromatic N) is 6. The largest absolute Gasteiger partial charge is 0.351 e. The van der Waals surface area contributed by atoms with Crippen LogP contribution in [0, 0.1) is 11.3 Å². The van der Waals surface area contributed by atoms with Gasteiger partial charge in [0.2, 0.25) is 0 Å². The van der Waals surface area contributed by atoms with E-state index in [9.17, 15) is 5.26 Å². The van der Waals surface area contributed by atoms with Gasteiger partial charge in [-0.3, -0.25) is 0 Å². The Morgan fingerprint density at radius 2 is 0.541 bits per heavy atom. The number of fused-ring (bicyclic) bond motifs is 15. The number of anilines is 2. The van der Waals surface area contributed by atoms with Crippen LogP contribution in [0.25, 0.3) is 171 Å². The Balaban J connectivity index is 1.02. The van der Waals surface area contributed by atoms with Crippen LogP contribution in [0.5, 0.6) is 0 Å². The second-order valence-corrected chi connectivity index (χ2v) is 25.5. The van der Waals surface area contributed by atoms with Gasteiger partial charge in [-0.25, -0.2) is 0 Å². The Morgan fingerprint density at radius 1 is 0.235 bits per heavy atom. The predicted molar refractivity (Wildman–Crippen MR) is 409 cm³/mol. The molecule has 0 bridgehead atoms. The Kier molecular flexibility index (Phi) is 12.3. The van der Waals surface area contributed by atoms with E-state index >= 15 is 0 Å². The molecule has 0 saturated carbocycles. The maximum Gasteiger partial charge on any atom is 0.0991 e. The highest BCUT2D eigenvalue weighted by atomic mass is 15.2. The first-order valence-electron chi connectivity index (χ1n) is 33.4. The quantitative estimate of drug-likeness (QED) is 0.148. The molecule has 0 spiro atoms. The summed E-state index contributed by atoms with van der Waals surface area (Å²) in [5, 5.41) is 26.7. The molecule has 0 radical (unpaired) electrons. The summed E-state index contributed by atoms with van der Waals surface area (Å²) in [7, 11) is 0. The van der Waals surface area contributed by atoms with Gasteiger partial charge in [-0.15, -0.1) is 0 Å². The van der Waals surface area contributed by atoms with Crippen LogP contribution in [0.15, 0.2) is 340 Å². The van der Waals surface area contributed by atoms with Gasteiger partial charge < -0.3 is 28.2 Å². The second kappa shape index (κ2) is 21.8. The van der Waals surface area contributed by atoms with Crippen molar-refractivity contribution >= 4 is 120 Å². The zero-order valence-corrected chi connectivity index (χ0v) is 53.0. The van der Waals surface area contributed by atoms with E-state index in [1.54, 1.807) is 0 Å². The van der Waals surface area contributed by atoms with Crippen LogP contribution < -0.4 is 5.32 Å². The van der Waals surface area contributed by atoms with Crippen molar-refractivity contribution in [2.45, 2.75) is 0 Å². The highest BCUT2D eigenvalue weighted by Gasteiger charge is 2.36. The topological polar surface area (TPSA) is 60.5 Å². The maximum atomic E-state index is 10.7. The van der Waals surface area contributed by atoms with Crippen molar-refractivity contribution in [2.75, 3.05) is 5.32 Å². The van der Waals surface area contributed by atoms with E-state index in [0.29, 0.717) is 5.56 Å². The molecule has 98 heavy (non-hydrogen) atoms. The predicted octanol–water partition coefficient (Wildman–Crippen LogP) is 23.8. The maximum absolute atomic E-state index is 10.7. The molecular weight excluding hydrogens is 1190 g/mol. The smallest absolute Gasteiger partial charge is 0.0991 e. The van der Waals surface area contributed by atoms with Crippen molar-refractivity contribution < 1.29 is 0 Å². The molecule has 20 aromatic rings. The van der Waals surface area contributed by atoms with Crippen LogP contribution in [0.1, 0.15) is 5.56 Å². The fraction of sp³-hybridized carbons (Fsp3) is 0. The summed E-state index contributed by atoms with van der Waals surface area (Å²) in [6.45, 7) is 0. The van der Waals surface area contributed by atoms with Crippen molar-refractivity contribution in [3.8, 4) is 67.9 Å². The van der Waals surface area contributed by atoms with Crippen molar-refractivity contribution in [1.29, 1.82) is 5.26 Å². The van der Waals surface area contributed by atoms with Crippen molar-refractivity contribution in [1.82, 2.24) is 22.8 Å². The molecule has 0 aliphatic heterocycles. The third kappa shape index (κ3) is 8.16. The van der Waals surface area contributed by atoms with Gasteiger partial charge in [0.1, 0.15) is 0 Å². The summed E-state index contributed by atoms with van der Waals surface area (Å²) < 4.78 is 12.6. The number of nitriles is 1. The average molecular weight is 1250 g/mol. The molecule has 0 aliphatic rings. The Hall–Kier alpha value is -13.4. The molecule has 0 amide bonds. The third-order valence-corrected chi connectivity index (χ3v) is 20.3. The number of hydrogen-bond acceptors (Lipinski definition) is 2. The van der Waals surface area contributed by atoms with Gasteiger partial charge in [0.05, 0.1) is 95.2 Å². The summed E-state index contributed by atoms with van der Waals surface area (Å²) >= 11 is 0. The summed E-state index contributed by atoms with van der Waals surface area (Å²) in [4.78, 5) is 0. The monoisotopic (exact) mass is 1250 g/mol. The van der Waals surface area contributed by atoms with Gasteiger partial charge in [-0.05, 0) is 125 Å². The average Bonchev–Trinajstić information content (AvgIpc) is 1.48. The summed E-state index contributed by atoms with van der Waals surface area (Å²) in [5.41, 5.74) is 24.1. The Bertz CT molecular complexity index is 6240. The van der Waals surface area contributed by atoms with E-state index in [4.69, 9.17) is 0 Å².